The van der Waals surface area contributed by atoms with E-state index in [9.17, 15) is 9.90 Å². The molecule has 6 nitrogen and oxygen atoms in total. The number of unbranched alkanes of at least 4 members (excludes halogenated alkanes) is 1. The van der Waals surface area contributed by atoms with Crippen molar-refractivity contribution in [3.05, 3.63) is 12.2 Å². The van der Waals surface area contributed by atoms with Crippen molar-refractivity contribution in [2.45, 2.75) is 75.9 Å². The van der Waals surface area contributed by atoms with E-state index in [0.29, 0.717) is 12.8 Å². The predicted molar refractivity (Wildman–Crippen MR) is 115 cm³/mol. The van der Waals surface area contributed by atoms with Gasteiger partial charge in [0.05, 0.1) is 19.3 Å². The fraction of sp³-hybridized carbons (Fsp3) is 0.864. The molecule has 1 saturated carbocycles. The van der Waals surface area contributed by atoms with E-state index in [-0.39, 0.29) is 36.4 Å². The van der Waals surface area contributed by atoms with Gasteiger partial charge in [-0.15, -0.1) is 0 Å². The van der Waals surface area contributed by atoms with Crippen LogP contribution in [0, 0.1) is 5.92 Å². The van der Waals surface area contributed by atoms with Crippen LogP contribution in [0.2, 0.25) is 0 Å². The number of hydrogen-bond acceptors (Lipinski definition) is 7. The quantitative estimate of drug-likeness (QED) is 0.345. The Kier molecular flexibility index (Phi) is 9.79. The third kappa shape index (κ3) is 6.96. The molecule has 0 aromatic rings. The molecule has 7 heteroatoms. The normalized spacial score (nSPS) is 33.9. The van der Waals surface area contributed by atoms with Crippen LogP contribution >= 0.6 is 11.8 Å². The molecule has 29 heavy (non-hydrogen) atoms. The molecule has 1 N–H and O–H groups in total. The summed E-state index contributed by atoms with van der Waals surface area (Å²) >= 11 is 2.01. The molecule has 0 bridgehead atoms. The minimum atomic E-state index is -0.345. The number of carbonyl (C=O) groups excluding carboxylic acids is 1. The van der Waals surface area contributed by atoms with Gasteiger partial charge in [-0.3, -0.25) is 9.69 Å². The topological polar surface area (TPSA) is 68.2 Å². The molecule has 0 aromatic heterocycles. The first-order valence-corrected chi connectivity index (χ1v) is 12.3. The van der Waals surface area contributed by atoms with Crippen LogP contribution < -0.4 is 0 Å². The van der Waals surface area contributed by atoms with Crippen LogP contribution in [-0.4, -0.2) is 78.8 Å². The zero-order valence-corrected chi connectivity index (χ0v) is 18.5. The SMILES string of the molecule is COC(=O)CCCC=CC[C@H]1[C@H](N2CCSCC2)[C@@H](OC2CCCCO2)C[C@H]1O. The lowest BCUT2D eigenvalue weighted by Crippen LogP contribution is -2.50. The highest BCUT2D eigenvalue weighted by atomic mass is 32.2. The molecule has 3 fully saturated rings. The first-order valence-electron chi connectivity index (χ1n) is 11.2. The number of methoxy groups -OCH3 is 1. The minimum absolute atomic E-state index is 0.0360. The Balaban J connectivity index is 1.56. The molecule has 0 radical (unpaired) electrons. The molecule has 2 aliphatic heterocycles. The van der Waals surface area contributed by atoms with Crippen molar-refractivity contribution < 1.29 is 24.1 Å². The molecule has 1 unspecified atom stereocenters. The standard InChI is InChI=1S/C22H37NO5S/c1-26-20(25)9-5-3-2-4-8-17-18(24)16-19(28-21-10-6-7-13-27-21)22(17)23-11-14-29-15-12-23/h2,4,17-19,21-22,24H,3,5-16H2,1H3/t17-,18-,19+,21?,22+/m1/s1. The Morgan fingerprint density at radius 3 is 2.83 bits per heavy atom. The summed E-state index contributed by atoms with van der Waals surface area (Å²) in [6.07, 6.45) is 10.8. The van der Waals surface area contributed by atoms with Gasteiger partial charge in [-0.2, -0.15) is 11.8 Å². The number of ether oxygens (including phenoxy) is 3. The first kappa shape index (κ1) is 23.1. The maximum absolute atomic E-state index is 11.2. The second kappa shape index (κ2) is 12.3. The Labute approximate surface area is 179 Å². The monoisotopic (exact) mass is 427 g/mol. The number of aliphatic hydroxyl groups is 1. The van der Waals surface area contributed by atoms with Crippen LogP contribution in [0.4, 0.5) is 0 Å². The molecule has 0 aromatic carbocycles. The minimum Gasteiger partial charge on any atom is -0.469 e. The highest BCUT2D eigenvalue weighted by Crippen LogP contribution is 2.37. The lowest BCUT2D eigenvalue weighted by atomic mass is 9.95. The lowest BCUT2D eigenvalue weighted by Gasteiger charge is -2.39. The van der Waals surface area contributed by atoms with Gasteiger partial charge in [0.15, 0.2) is 6.29 Å². The summed E-state index contributed by atoms with van der Waals surface area (Å²) < 4.78 is 16.9. The fourth-order valence-electron chi connectivity index (χ4n) is 4.72. The molecule has 0 amide bonds. The molecule has 3 aliphatic rings. The van der Waals surface area contributed by atoms with Crippen LogP contribution in [-0.2, 0) is 19.0 Å². The second-order valence-corrected chi connectivity index (χ2v) is 9.48. The fourth-order valence-corrected chi connectivity index (χ4v) is 5.65. The average Bonchev–Trinajstić information content (AvgIpc) is 3.06. The van der Waals surface area contributed by atoms with E-state index in [2.05, 4.69) is 21.8 Å². The number of allylic oxidation sites excluding steroid dienone is 2. The van der Waals surface area contributed by atoms with E-state index < -0.39 is 0 Å². The van der Waals surface area contributed by atoms with Crippen LogP contribution in [0.1, 0.15) is 51.4 Å². The molecular weight excluding hydrogens is 390 g/mol. The maximum Gasteiger partial charge on any atom is 0.305 e. The first-order chi connectivity index (χ1) is 14.2. The number of carbonyl (C=O) groups is 1. The number of hydrogen-bond donors (Lipinski definition) is 1. The largest absolute Gasteiger partial charge is 0.469 e. The van der Waals surface area contributed by atoms with Crippen molar-refractivity contribution in [3.63, 3.8) is 0 Å². The van der Waals surface area contributed by atoms with Gasteiger partial charge in [0.25, 0.3) is 0 Å². The van der Waals surface area contributed by atoms with Crippen LogP contribution in [0.25, 0.3) is 0 Å². The van der Waals surface area contributed by atoms with Crippen LogP contribution in [0.15, 0.2) is 12.2 Å². The number of aliphatic hydroxyl groups excluding tert-OH is 1. The van der Waals surface area contributed by atoms with Gasteiger partial charge >= 0.3 is 5.97 Å². The van der Waals surface area contributed by atoms with E-state index in [1.165, 1.54) is 7.11 Å². The summed E-state index contributed by atoms with van der Waals surface area (Å²) in [5.41, 5.74) is 0. The second-order valence-electron chi connectivity index (χ2n) is 8.25. The van der Waals surface area contributed by atoms with Gasteiger partial charge in [0.2, 0.25) is 0 Å². The zero-order valence-electron chi connectivity index (χ0n) is 17.7. The molecule has 3 rings (SSSR count). The molecule has 2 saturated heterocycles. The van der Waals surface area contributed by atoms with E-state index in [1.807, 2.05) is 11.8 Å². The average molecular weight is 428 g/mol. The van der Waals surface area contributed by atoms with Gasteiger partial charge in [-0.1, -0.05) is 12.2 Å². The summed E-state index contributed by atoms with van der Waals surface area (Å²) in [4.78, 5) is 13.7. The van der Waals surface area contributed by atoms with Crippen LogP contribution in [0.5, 0.6) is 0 Å². The van der Waals surface area contributed by atoms with Crippen LogP contribution in [0.3, 0.4) is 0 Å². The number of rotatable bonds is 9. The van der Waals surface area contributed by atoms with Crippen molar-refractivity contribution in [3.8, 4) is 0 Å². The smallest absolute Gasteiger partial charge is 0.305 e. The third-order valence-corrected chi connectivity index (χ3v) is 7.22. The Bertz CT molecular complexity index is 519. The molecule has 1 aliphatic carbocycles. The van der Waals surface area contributed by atoms with Gasteiger partial charge in [0, 0.05) is 56.0 Å². The maximum atomic E-state index is 11.2. The Morgan fingerprint density at radius 1 is 1.28 bits per heavy atom. The van der Waals surface area contributed by atoms with Gasteiger partial charge < -0.3 is 19.3 Å². The van der Waals surface area contributed by atoms with E-state index >= 15 is 0 Å². The van der Waals surface area contributed by atoms with Gasteiger partial charge in [-0.25, -0.2) is 0 Å². The third-order valence-electron chi connectivity index (χ3n) is 6.27. The molecule has 166 valence electrons. The summed E-state index contributed by atoms with van der Waals surface area (Å²) in [5, 5.41) is 10.8. The van der Waals surface area contributed by atoms with E-state index in [0.717, 1.165) is 69.7 Å². The summed E-state index contributed by atoms with van der Waals surface area (Å²) in [6, 6.07) is 0.246. The van der Waals surface area contributed by atoms with Gasteiger partial charge in [-0.05, 0) is 38.5 Å². The molecule has 5 atom stereocenters. The molecule has 0 spiro atoms. The van der Waals surface area contributed by atoms with E-state index in [4.69, 9.17) is 9.47 Å². The summed E-state index contributed by atoms with van der Waals surface area (Å²) in [7, 11) is 1.43. The number of esters is 1. The lowest BCUT2D eigenvalue weighted by molar-refractivity contribution is -0.197. The number of thioether (sulfide) groups is 1. The Morgan fingerprint density at radius 2 is 2.10 bits per heavy atom. The van der Waals surface area contributed by atoms with Crippen molar-refractivity contribution in [1.29, 1.82) is 0 Å². The zero-order chi connectivity index (χ0) is 20.5. The highest BCUT2D eigenvalue weighted by molar-refractivity contribution is 7.99. The van der Waals surface area contributed by atoms with Crippen molar-refractivity contribution in [2.24, 2.45) is 5.92 Å². The Hall–Kier alpha value is -0.600. The van der Waals surface area contributed by atoms with Crippen molar-refractivity contribution in [1.82, 2.24) is 4.90 Å². The highest BCUT2D eigenvalue weighted by Gasteiger charge is 2.46. The van der Waals surface area contributed by atoms with Crippen molar-refractivity contribution in [2.75, 3.05) is 38.3 Å². The molecule has 2 heterocycles. The summed E-state index contributed by atoms with van der Waals surface area (Å²) in [5.74, 6) is 2.33. The molecular formula is C22H37NO5S. The van der Waals surface area contributed by atoms with E-state index in [1.54, 1.807) is 0 Å². The van der Waals surface area contributed by atoms with Gasteiger partial charge in [0.1, 0.15) is 0 Å². The van der Waals surface area contributed by atoms with Crippen molar-refractivity contribution >= 4 is 17.7 Å². The number of nitrogens with zero attached hydrogens (tertiary/aromatic N) is 1. The predicted octanol–water partition coefficient (Wildman–Crippen LogP) is 2.99. The summed E-state index contributed by atoms with van der Waals surface area (Å²) in [6.45, 7) is 2.91.